The van der Waals surface area contributed by atoms with Crippen molar-refractivity contribution in [2.45, 2.75) is 38.8 Å². The second-order valence-electron chi connectivity index (χ2n) is 7.75. The highest BCUT2D eigenvalue weighted by Gasteiger charge is 2.26. The highest BCUT2D eigenvalue weighted by Crippen LogP contribution is 2.33. The lowest BCUT2D eigenvalue weighted by Crippen LogP contribution is -2.34. The van der Waals surface area contributed by atoms with Crippen molar-refractivity contribution < 1.29 is 4.79 Å². The van der Waals surface area contributed by atoms with Crippen LogP contribution in [0.1, 0.15) is 36.9 Å². The molecule has 1 aromatic carbocycles. The number of benzene rings is 1. The maximum atomic E-state index is 11.2. The van der Waals surface area contributed by atoms with Gasteiger partial charge in [-0.2, -0.15) is 5.10 Å². The number of nitrogens with zero attached hydrogens (tertiary/aromatic N) is 4. The van der Waals surface area contributed by atoms with Crippen LogP contribution >= 0.6 is 23.2 Å². The molecule has 0 saturated carbocycles. The third-order valence-electron chi connectivity index (χ3n) is 5.55. The van der Waals surface area contributed by atoms with Crippen molar-refractivity contribution in [3.63, 3.8) is 0 Å². The summed E-state index contributed by atoms with van der Waals surface area (Å²) in [5.74, 6) is 0.285. The van der Waals surface area contributed by atoms with Gasteiger partial charge in [0.1, 0.15) is 0 Å². The highest BCUT2D eigenvalue weighted by molar-refractivity contribution is 6.42. The monoisotopic (exact) mass is 445 g/mol. The SMILES string of the molecule is CC(=O)NCCn1nc(C2CCCN(Cc3cccc(Cl)c3Cl)C2)c2cccnc21. The Morgan fingerprint density at radius 1 is 1.27 bits per heavy atom. The Labute approximate surface area is 186 Å². The van der Waals surface area contributed by atoms with Crippen LogP contribution in [0.15, 0.2) is 36.5 Å². The summed E-state index contributed by atoms with van der Waals surface area (Å²) in [7, 11) is 0. The van der Waals surface area contributed by atoms with Crippen LogP contribution < -0.4 is 5.32 Å². The summed E-state index contributed by atoms with van der Waals surface area (Å²) in [5.41, 5.74) is 3.01. The molecule has 4 rings (SSSR count). The quantitative estimate of drug-likeness (QED) is 0.615. The Kier molecular flexibility index (Phi) is 6.56. The molecule has 0 bridgehead atoms. The van der Waals surface area contributed by atoms with Crippen LogP contribution in [-0.2, 0) is 17.9 Å². The lowest BCUT2D eigenvalue weighted by molar-refractivity contribution is -0.118. The van der Waals surface area contributed by atoms with Gasteiger partial charge in [-0.25, -0.2) is 9.67 Å². The zero-order chi connectivity index (χ0) is 21.1. The van der Waals surface area contributed by atoms with Gasteiger partial charge in [-0.3, -0.25) is 9.69 Å². The smallest absolute Gasteiger partial charge is 0.216 e. The summed E-state index contributed by atoms with van der Waals surface area (Å²) in [6.07, 6.45) is 3.98. The molecular weight excluding hydrogens is 421 g/mol. The van der Waals surface area contributed by atoms with Gasteiger partial charge in [-0.1, -0.05) is 35.3 Å². The number of hydrogen-bond donors (Lipinski definition) is 1. The number of piperidine rings is 1. The highest BCUT2D eigenvalue weighted by atomic mass is 35.5. The second-order valence-corrected chi connectivity index (χ2v) is 8.54. The second kappa shape index (κ2) is 9.33. The Balaban J connectivity index is 1.54. The molecule has 3 heterocycles. The van der Waals surface area contributed by atoms with Crippen molar-refractivity contribution in [2.24, 2.45) is 0 Å². The summed E-state index contributed by atoms with van der Waals surface area (Å²) in [4.78, 5) is 18.2. The molecule has 6 nitrogen and oxygen atoms in total. The lowest BCUT2D eigenvalue weighted by Gasteiger charge is -2.32. The summed E-state index contributed by atoms with van der Waals surface area (Å²) < 4.78 is 1.91. The molecule has 158 valence electrons. The van der Waals surface area contributed by atoms with E-state index in [0.29, 0.717) is 29.1 Å². The predicted octanol–water partition coefficient (Wildman–Crippen LogP) is 4.25. The number of nitrogens with one attached hydrogen (secondary N) is 1. The molecule has 0 radical (unpaired) electrons. The van der Waals surface area contributed by atoms with E-state index in [1.165, 1.54) is 6.92 Å². The minimum atomic E-state index is -0.0396. The molecule has 8 heteroatoms. The summed E-state index contributed by atoms with van der Waals surface area (Å²) >= 11 is 12.6. The van der Waals surface area contributed by atoms with Crippen LogP contribution in [0, 0.1) is 0 Å². The third-order valence-corrected chi connectivity index (χ3v) is 6.41. The van der Waals surface area contributed by atoms with Crippen molar-refractivity contribution in [1.29, 1.82) is 0 Å². The first-order valence-electron chi connectivity index (χ1n) is 10.2. The van der Waals surface area contributed by atoms with Crippen LogP contribution in [0.4, 0.5) is 0 Å². The summed E-state index contributed by atoms with van der Waals surface area (Å²) in [6, 6.07) is 9.85. The number of likely N-dealkylation sites (tertiary alicyclic amines) is 1. The molecule has 1 N–H and O–H groups in total. The van der Waals surface area contributed by atoms with Crippen LogP contribution in [-0.4, -0.2) is 45.2 Å². The van der Waals surface area contributed by atoms with E-state index in [1.54, 1.807) is 6.20 Å². The van der Waals surface area contributed by atoms with E-state index < -0.39 is 0 Å². The van der Waals surface area contributed by atoms with Gasteiger partial charge in [0.25, 0.3) is 0 Å². The molecule has 3 aromatic rings. The van der Waals surface area contributed by atoms with Crippen LogP contribution in [0.5, 0.6) is 0 Å². The van der Waals surface area contributed by atoms with E-state index in [9.17, 15) is 4.79 Å². The van der Waals surface area contributed by atoms with Gasteiger partial charge in [-0.15, -0.1) is 0 Å². The van der Waals surface area contributed by atoms with Crippen molar-refractivity contribution in [3.05, 3.63) is 57.8 Å². The summed E-state index contributed by atoms with van der Waals surface area (Å²) in [5, 5.41) is 10.1. The van der Waals surface area contributed by atoms with Crippen molar-refractivity contribution in [2.75, 3.05) is 19.6 Å². The number of carbonyl (C=O) groups excluding carboxylic acids is 1. The molecule has 1 unspecified atom stereocenters. The predicted molar refractivity (Wildman–Crippen MR) is 120 cm³/mol. The van der Waals surface area contributed by atoms with Gasteiger partial charge in [0.05, 0.1) is 22.3 Å². The Morgan fingerprint density at radius 2 is 2.13 bits per heavy atom. The Morgan fingerprint density at radius 3 is 2.97 bits per heavy atom. The van der Waals surface area contributed by atoms with Crippen LogP contribution in [0.2, 0.25) is 10.0 Å². The molecule has 1 atom stereocenters. The molecule has 0 spiro atoms. The first-order chi connectivity index (χ1) is 14.5. The molecule has 1 fully saturated rings. The van der Waals surface area contributed by atoms with Crippen molar-refractivity contribution in [3.8, 4) is 0 Å². The molecule has 1 aliphatic rings. The number of amides is 1. The minimum Gasteiger partial charge on any atom is -0.354 e. The van der Waals surface area contributed by atoms with Gasteiger partial charge in [-0.05, 0) is 43.1 Å². The normalized spacial score (nSPS) is 17.4. The number of pyridine rings is 1. The maximum absolute atomic E-state index is 11.2. The Hall–Kier alpha value is -2.15. The molecule has 1 aliphatic heterocycles. The van der Waals surface area contributed by atoms with E-state index in [1.807, 2.05) is 28.9 Å². The fourth-order valence-corrected chi connectivity index (χ4v) is 4.54. The first-order valence-corrected chi connectivity index (χ1v) is 11.0. The third kappa shape index (κ3) is 4.61. The molecular formula is C22H25Cl2N5O. The number of fused-ring (bicyclic) bond motifs is 1. The van der Waals surface area contributed by atoms with E-state index in [-0.39, 0.29) is 5.91 Å². The fourth-order valence-electron chi connectivity index (χ4n) is 4.16. The zero-order valence-electron chi connectivity index (χ0n) is 16.9. The number of carbonyl (C=O) groups is 1. The first kappa shape index (κ1) is 21.1. The minimum absolute atomic E-state index is 0.0396. The lowest BCUT2D eigenvalue weighted by atomic mass is 9.93. The standard InChI is InChI=1S/C22H25Cl2N5O/c1-15(30)25-10-12-29-22-18(7-3-9-26-22)21(27-29)17-6-4-11-28(14-17)13-16-5-2-8-19(23)20(16)24/h2-3,5,7-9,17H,4,6,10-14H2,1H3,(H,25,30). The number of halogens is 2. The summed E-state index contributed by atoms with van der Waals surface area (Å²) in [6.45, 7) is 5.37. The number of rotatable bonds is 6. The van der Waals surface area contributed by atoms with E-state index in [0.717, 1.165) is 54.8 Å². The van der Waals surface area contributed by atoms with Crippen molar-refractivity contribution in [1.82, 2.24) is 25.0 Å². The van der Waals surface area contributed by atoms with Crippen LogP contribution in [0.25, 0.3) is 11.0 Å². The average molecular weight is 446 g/mol. The molecule has 2 aromatic heterocycles. The van der Waals surface area contributed by atoms with Crippen molar-refractivity contribution >= 4 is 40.1 Å². The van der Waals surface area contributed by atoms with Gasteiger partial charge < -0.3 is 5.32 Å². The molecule has 1 amide bonds. The van der Waals surface area contributed by atoms with Gasteiger partial charge >= 0.3 is 0 Å². The van der Waals surface area contributed by atoms with E-state index in [4.69, 9.17) is 28.3 Å². The molecule has 1 saturated heterocycles. The number of hydrogen-bond acceptors (Lipinski definition) is 4. The van der Waals surface area contributed by atoms with E-state index in [2.05, 4.69) is 21.3 Å². The molecule has 0 aliphatic carbocycles. The van der Waals surface area contributed by atoms with Crippen LogP contribution in [0.3, 0.4) is 0 Å². The van der Waals surface area contributed by atoms with E-state index >= 15 is 0 Å². The van der Waals surface area contributed by atoms with Gasteiger partial charge in [0, 0.05) is 44.1 Å². The van der Waals surface area contributed by atoms with Gasteiger partial charge in [0.2, 0.25) is 5.91 Å². The molecule has 30 heavy (non-hydrogen) atoms. The largest absolute Gasteiger partial charge is 0.354 e. The topological polar surface area (TPSA) is 63.1 Å². The number of aromatic nitrogens is 3. The Bertz CT molecular complexity index is 1050. The maximum Gasteiger partial charge on any atom is 0.216 e. The average Bonchev–Trinajstić information content (AvgIpc) is 3.10. The fraction of sp³-hybridized carbons (Fsp3) is 0.409. The zero-order valence-corrected chi connectivity index (χ0v) is 18.5. The van der Waals surface area contributed by atoms with Gasteiger partial charge in [0.15, 0.2) is 5.65 Å².